The van der Waals surface area contributed by atoms with Crippen molar-refractivity contribution in [2.75, 3.05) is 0 Å². The predicted octanol–water partition coefficient (Wildman–Crippen LogP) is 3.74. The summed E-state index contributed by atoms with van der Waals surface area (Å²) in [7, 11) is 0. The summed E-state index contributed by atoms with van der Waals surface area (Å²) >= 11 is 0. The summed E-state index contributed by atoms with van der Waals surface area (Å²) in [6.45, 7) is 7.73. The van der Waals surface area contributed by atoms with Crippen molar-refractivity contribution in [1.82, 2.24) is 14.0 Å². The second-order valence-electron chi connectivity index (χ2n) is 8.11. The number of allylic oxidation sites excluding steroid dienone is 4. The van der Waals surface area contributed by atoms with E-state index in [-0.39, 0.29) is 27.7 Å². The summed E-state index contributed by atoms with van der Waals surface area (Å²) in [6.07, 6.45) is 9.09. The SMILES string of the molecule is C=C/C=C/C=C(/CC(=O)N=c1c(C#N)cc2c(=O)n3cccc(C)c3nc2n1CCCCC)[N+](=O)[O-]. The van der Waals surface area contributed by atoms with Crippen LogP contribution in [0.2, 0.25) is 0 Å². The van der Waals surface area contributed by atoms with E-state index in [9.17, 15) is 25.0 Å². The van der Waals surface area contributed by atoms with Crippen LogP contribution in [-0.2, 0) is 11.3 Å². The van der Waals surface area contributed by atoms with Gasteiger partial charge in [0.1, 0.15) is 23.8 Å². The first-order chi connectivity index (χ1) is 17.3. The normalized spacial score (nSPS) is 12.4. The fourth-order valence-corrected chi connectivity index (χ4v) is 3.76. The zero-order valence-corrected chi connectivity index (χ0v) is 20.2. The number of aryl methyl sites for hydroxylation is 2. The van der Waals surface area contributed by atoms with Gasteiger partial charge in [0.25, 0.3) is 17.2 Å². The molecule has 3 aromatic rings. The van der Waals surface area contributed by atoms with Crippen molar-refractivity contribution in [1.29, 1.82) is 5.26 Å². The molecule has 3 heterocycles. The fraction of sp³-hybridized carbons (Fsp3) is 0.269. The Kier molecular flexibility index (Phi) is 8.41. The molecule has 3 aromatic heterocycles. The summed E-state index contributed by atoms with van der Waals surface area (Å²) < 4.78 is 3.02. The molecule has 0 atom stereocenters. The number of carbonyl (C=O) groups is 1. The molecule has 0 aliphatic rings. The first-order valence-corrected chi connectivity index (χ1v) is 11.5. The lowest BCUT2D eigenvalue weighted by Crippen LogP contribution is -2.30. The van der Waals surface area contributed by atoms with E-state index in [0.29, 0.717) is 24.3 Å². The Morgan fingerprint density at radius 2 is 2.11 bits per heavy atom. The van der Waals surface area contributed by atoms with Crippen molar-refractivity contribution in [2.45, 2.75) is 46.1 Å². The Morgan fingerprint density at radius 3 is 2.78 bits per heavy atom. The van der Waals surface area contributed by atoms with Crippen molar-refractivity contribution in [2.24, 2.45) is 4.99 Å². The van der Waals surface area contributed by atoms with Crippen LogP contribution >= 0.6 is 0 Å². The van der Waals surface area contributed by atoms with Gasteiger partial charge in [-0.05, 0) is 31.0 Å². The highest BCUT2D eigenvalue weighted by Crippen LogP contribution is 2.14. The van der Waals surface area contributed by atoms with Gasteiger partial charge in [-0.2, -0.15) is 10.3 Å². The van der Waals surface area contributed by atoms with Crippen LogP contribution in [0.15, 0.2) is 70.8 Å². The Labute approximate surface area is 207 Å². The minimum Gasteiger partial charge on any atom is -0.309 e. The third-order valence-electron chi connectivity index (χ3n) is 5.54. The lowest BCUT2D eigenvalue weighted by atomic mass is 10.2. The topological polar surface area (TPSA) is 136 Å². The van der Waals surface area contributed by atoms with Crippen molar-refractivity contribution >= 4 is 22.6 Å². The maximum atomic E-state index is 13.3. The Morgan fingerprint density at radius 1 is 1.33 bits per heavy atom. The number of unbranched alkanes of at least 4 members (excludes halogenated alkanes) is 2. The molecule has 0 saturated carbocycles. The van der Waals surface area contributed by atoms with Crippen molar-refractivity contribution in [3.8, 4) is 6.07 Å². The van der Waals surface area contributed by atoms with Gasteiger partial charge in [0.2, 0.25) is 0 Å². The Bertz CT molecular complexity index is 1580. The van der Waals surface area contributed by atoms with Gasteiger partial charge in [0.15, 0.2) is 5.49 Å². The van der Waals surface area contributed by atoms with Gasteiger partial charge in [-0.25, -0.2) is 4.98 Å². The van der Waals surface area contributed by atoms with E-state index in [4.69, 9.17) is 4.98 Å². The minimum absolute atomic E-state index is 0.0111. The van der Waals surface area contributed by atoms with Crippen LogP contribution in [0.1, 0.15) is 43.7 Å². The fourth-order valence-electron chi connectivity index (χ4n) is 3.76. The first kappa shape index (κ1) is 26.0. The lowest BCUT2D eigenvalue weighted by Gasteiger charge is -2.14. The van der Waals surface area contributed by atoms with E-state index in [2.05, 4.69) is 11.6 Å². The lowest BCUT2D eigenvalue weighted by molar-refractivity contribution is -0.426. The van der Waals surface area contributed by atoms with Crippen LogP contribution in [0.25, 0.3) is 16.7 Å². The molecule has 184 valence electrons. The number of nitriles is 1. The molecule has 0 unspecified atom stereocenters. The summed E-state index contributed by atoms with van der Waals surface area (Å²) in [5.74, 6) is -0.793. The molecule has 3 rings (SSSR count). The number of hydrogen-bond acceptors (Lipinski definition) is 6. The first-order valence-electron chi connectivity index (χ1n) is 11.5. The molecule has 0 aliphatic heterocycles. The number of pyridine rings is 2. The van der Waals surface area contributed by atoms with Gasteiger partial charge in [0, 0.05) is 18.8 Å². The van der Waals surface area contributed by atoms with Gasteiger partial charge < -0.3 is 4.57 Å². The zero-order valence-electron chi connectivity index (χ0n) is 20.2. The molecule has 0 aromatic carbocycles. The number of amides is 1. The summed E-state index contributed by atoms with van der Waals surface area (Å²) in [4.78, 5) is 45.6. The van der Waals surface area contributed by atoms with Crippen LogP contribution in [0.3, 0.4) is 0 Å². The number of fused-ring (bicyclic) bond motifs is 2. The van der Waals surface area contributed by atoms with E-state index in [0.717, 1.165) is 18.4 Å². The van der Waals surface area contributed by atoms with E-state index in [1.54, 1.807) is 16.8 Å². The Balaban J connectivity index is 2.30. The molecule has 0 fully saturated rings. The molecule has 10 nitrogen and oxygen atoms in total. The van der Waals surface area contributed by atoms with Crippen LogP contribution in [0, 0.1) is 28.4 Å². The number of rotatable bonds is 9. The summed E-state index contributed by atoms with van der Waals surface area (Å²) in [5, 5.41) is 21.5. The Hall–Kier alpha value is -4.65. The molecule has 1 amide bonds. The molecule has 0 spiro atoms. The average Bonchev–Trinajstić information content (AvgIpc) is 2.85. The average molecular weight is 487 g/mol. The van der Waals surface area contributed by atoms with Gasteiger partial charge in [-0.1, -0.05) is 50.6 Å². The van der Waals surface area contributed by atoms with Gasteiger partial charge in [-0.15, -0.1) is 0 Å². The molecule has 0 radical (unpaired) electrons. The third kappa shape index (κ3) is 5.52. The van der Waals surface area contributed by atoms with Crippen molar-refractivity contribution in [3.05, 3.63) is 98.1 Å². The molecule has 0 bridgehead atoms. The van der Waals surface area contributed by atoms with E-state index < -0.39 is 17.3 Å². The quantitative estimate of drug-likeness (QED) is 0.149. The monoisotopic (exact) mass is 486 g/mol. The standard InChI is InChI=1S/C26H26N6O4/c1-4-6-8-12-20(32(35)36)16-22(33)28-24-19(17-27)15-21-25(30(24)13-9-7-5-2)29-23-18(3)11-10-14-31(23)26(21)34/h4,6,8,10-12,14-15H,1,5,7,9,13,16H2,2-3H3/b8-6+,20-12-,28-24?. The van der Waals surface area contributed by atoms with Gasteiger partial charge in [-0.3, -0.25) is 24.1 Å². The van der Waals surface area contributed by atoms with Crippen LogP contribution in [0.5, 0.6) is 0 Å². The predicted molar refractivity (Wildman–Crippen MR) is 136 cm³/mol. The molecular formula is C26H26N6O4. The largest absolute Gasteiger partial charge is 0.309 e. The number of aromatic nitrogens is 3. The maximum Gasteiger partial charge on any atom is 0.267 e. The minimum atomic E-state index is -0.793. The van der Waals surface area contributed by atoms with Crippen molar-refractivity contribution in [3.63, 3.8) is 0 Å². The molecule has 0 N–H and O–H groups in total. The van der Waals surface area contributed by atoms with Gasteiger partial charge >= 0.3 is 0 Å². The highest BCUT2D eigenvalue weighted by molar-refractivity contribution is 5.81. The summed E-state index contributed by atoms with van der Waals surface area (Å²) in [5.41, 5.74) is 0.881. The summed E-state index contributed by atoms with van der Waals surface area (Å²) in [6, 6.07) is 6.96. The molecule has 36 heavy (non-hydrogen) atoms. The highest BCUT2D eigenvalue weighted by Gasteiger charge is 2.18. The molecular weight excluding hydrogens is 460 g/mol. The van der Waals surface area contributed by atoms with Crippen LogP contribution in [-0.4, -0.2) is 24.8 Å². The van der Waals surface area contributed by atoms with E-state index in [1.165, 1.54) is 34.8 Å². The van der Waals surface area contributed by atoms with Gasteiger partial charge in [0.05, 0.1) is 15.9 Å². The number of nitro groups is 1. The van der Waals surface area contributed by atoms with Crippen LogP contribution in [0.4, 0.5) is 0 Å². The maximum absolute atomic E-state index is 13.3. The molecule has 0 aliphatic carbocycles. The second kappa shape index (κ2) is 11.7. The van der Waals surface area contributed by atoms with E-state index >= 15 is 0 Å². The molecule has 0 saturated heterocycles. The highest BCUT2D eigenvalue weighted by atomic mass is 16.6. The van der Waals surface area contributed by atoms with E-state index in [1.807, 2.05) is 26.0 Å². The smallest absolute Gasteiger partial charge is 0.267 e. The second-order valence-corrected chi connectivity index (χ2v) is 8.11. The van der Waals surface area contributed by atoms with Crippen molar-refractivity contribution < 1.29 is 9.72 Å². The zero-order chi connectivity index (χ0) is 26.2. The number of nitrogens with zero attached hydrogens (tertiary/aromatic N) is 6. The van der Waals surface area contributed by atoms with Crippen LogP contribution < -0.4 is 11.0 Å². The number of carbonyl (C=O) groups excluding carboxylic acids is 1. The third-order valence-corrected chi connectivity index (χ3v) is 5.54. The number of hydrogen-bond donors (Lipinski definition) is 0. The molecule has 10 heteroatoms.